The quantitative estimate of drug-likeness (QED) is 0.459. The van der Waals surface area contributed by atoms with E-state index in [0.29, 0.717) is 19.0 Å². The molecule has 1 saturated heterocycles. The second kappa shape index (κ2) is 9.75. The van der Waals surface area contributed by atoms with E-state index in [1.807, 2.05) is 17.9 Å². The maximum Gasteiger partial charge on any atom is 0.227 e. The molecule has 2 aromatic carbocycles. The Labute approximate surface area is 202 Å². The molecule has 3 atom stereocenters. The monoisotopic (exact) mass is 457 g/mol. The molecular weight excluding hydrogens is 422 g/mol. The van der Waals surface area contributed by atoms with Gasteiger partial charge in [0, 0.05) is 36.2 Å². The van der Waals surface area contributed by atoms with Crippen LogP contribution >= 0.6 is 0 Å². The van der Waals surface area contributed by atoms with Gasteiger partial charge in [0.1, 0.15) is 6.10 Å². The number of rotatable bonds is 6. The first kappa shape index (κ1) is 22.9. The van der Waals surface area contributed by atoms with E-state index in [4.69, 9.17) is 10.1 Å². The number of benzene rings is 2. The molecule has 0 bridgehead atoms. The topological polar surface area (TPSA) is 65.4 Å². The average molecular weight is 458 g/mol. The highest BCUT2D eigenvalue weighted by atomic mass is 16.5. The molecule has 1 fully saturated rings. The minimum absolute atomic E-state index is 0.102. The fourth-order valence-corrected chi connectivity index (χ4v) is 5.78. The van der Waals surface area contributed by atoms with Gasteiger partial charge in [0.05, 0.1) is 0 Å². The third-order valence-electron chi connectivity index (χ3n) is 7.76. The number of fused-ring (bicyclic) bond motifs is 1. The minimum atomic E-state index is -0.157. The second-order valence-corrected chi connectivity index (χ2v) is 9.82. The second-order valence-electron chi connectivity index (χ2n) is 9.82. The summed E-state index contributed by atoms with van der Waals surface area (Å²) >= 11 is 0. The summed E-state index contributed by atoms with van der Waals surface area (Å²) in [5.41, 5.74) is 6.57. The maximum absolute atomic E-state index is 13.3. The summed E-state index contributed by atoms with van der Waals surface area (Å²) in [7, 11) is 0. The molecule has 2 N–H and O–H groups in total. The van der Waals surface area contributed by atoms with Crippen molar-refractivity contribution in [2.24, 2.45) is 0 Å². The maximum atomic E-state index is 13.3. The summed E-state index contributed by atoms with van der Waals surface area (Å²) in [6.45, 7) is 5.81. The Morgan fingerprint density at radius 3 is 2.68 bits per heavy atom. The van der Waals surface area contributed by atoms with Crippen LogP contribution in [0.5, 0.6) is 0 Å². The molecule has 5 nitrogen and oxygen atoms in total. The van der Waals surface area contributed by atoms with Gasteiger partial charge in [0.15, 0.2) is 0 Å². The normalized spacial score (nSPS) is 24.5. The fourth-order valence-electron chi connectivity index (χ4n) is 5.78. The number of hydrogen-bond acceptors (Lipinski definition) is 4. The number of amides is 1. The molecule has 2 aromatic rings. The summed E-state index contributed by atoms with van der Waals surface area (Å²) in [6.07, 6.45) is 5.35. The van der Waals surface area contributed by atoms with Crippen molar-refractivity contribution in [3.8, 4) is 0 Å². The number of ether oxygens (including phenoxy) is 1. The Morgan fingerprint density at radius 2 is 1.94 bits per heavy atom. The van der Waals surface area contributed by atoms with Crippen molar-refractivity contribution >= 4 is 11.8 Å². The lowest BCUT2D eigenvalue weighted by Gasteiger charge is -2.37. The van der Waals surface area contributed by atoms with Crippen LogP contribution < -0.4 is 5.32 Å². The Balaban J connectivity index is 1.47. The highest BCUT2D eigenvalue weighted by Crippen LogP contribution is 2.40. The van der Waals surface area contributed by atoms with Crippen LogP contribution in [0.3, 0.4) is 0 Å². The van der Waals surface area contributed by atoms with Gasteiger partial charge < -0.3 is 15.0 Å². The van der Waals surface area contributed by atoms with E-state index in [9.17, 15) is 4.79 Å². The SMILES string of the molecule is CCc1ccc([C@H]2CC(=O)N(C[C@@H]3CCCN3)C(C)=C2C(=N)O[C@@H]2CCc3ccccc32)cc1. The van der Waals surface area contributed by atoms with Gasteiger partial charge in [-0.15, -0.1) is 0 Å². The number of nitrogens with one attached hydrogen (secondary N) is 2. The van der Waals surface area contributed by atoms with Crippen molar-refractivity contribution in [3.63, 3.8) is 0 Å². The van der Waals surface area contributed by atoms with Crippen molar-refractivity contribution in [2.75, 3.05) is 13.1 Å². The summed E-state index contributed by atoms with van der Waals surface area (Å²) in [5.74, 6) is 0.189. The van der Waals surface area contributed by atoms with Gasteiger partial charge >= 0.3 is 0 Å². The lowest BCUT2D eigenvalue weighted by molar-refractivity contribution is -0.130. The van der Waals surface area contributed by atoms with Crippen LogP contribution in [-0.2, 0) is 22.4 Å². The van der Waals surface area contributed by atoms with E-state index in [1.54, 1.807) is 0 Å². The Morgan fingerprint density at radius 1 is 1.15 bits per heavy atom. The zero-order valence-electron chi connectivity index (χ0n) is 20.3. The van der Waals surface area contributed by atoms with Gasteiger partial charge in [0.2, 0.25) is 11.8 Å². The number of hydrogen-bond donors (Lipinski definition) is 2. The third-order valence-corrected chi connectivity index (χ3v) is 7.76. The summed E-state index contributed by atoms with van der Waals surface area (Å²) in [5, 5.41) is 12.6. The van der Waals surface area contributed by atoms with E-state index < -0.39 is 0 Å². The molecule has 5 rings (SSSR count). The zero-order valence-corrected chi connectivity index (χ0v) is 20.3. The molecule has 2 heterocycles. The Bertz CT molecular complexity index is 1100. The largest absolute Gasteiger partial charge is 0.470 e. The molecule has 178 valence electrons. The van der Waals surface area contributed by atoms with Crippen molar-refractivity contribution in [3.05, 3.63) is 82.1 Å². The molecule has 34 heavy (non-hydrogen) atoms. The molecule has 1 aliphatic carbocycles. The van der Waals surface area contributed by atoms with Crippen LogP contribution in [0.4, 0.5) is 0 Å². The predicted octanol–water partition coefficient (Wildman–Crippen LogP) is 5.27. The molecule has 0 saturated carbocycles. The first-order valence-electron chi connectivity index (χ1n) is 12.7. The van der Waals surface area contributed by atoms with E-state index in [-0.39, 0.29) is 23.8 Å². The van der Waals surface area contributed by atoms with Gasteiger partial charge in [-0.3, -0.25) is 10.2 Å². The minimum Gasteiger partial charge on any atom is -0.470 e. The predicted molar refractivity (Wildman–Crippen MR) is 135 cm³/mol. The van der Waals surface area contributed by atoms with Crippen molar-refractivity contribution < 1.29 is 9.53 Å². The highest BCUT2D eigenvalue weighted by molar-refractivity contribution is 5.97. The van der Waals surface area contributed by atoms with Gasteiger partial charge in [-0.05, 0) is 67.8 Å². The first-order valence-corrected chi connectivity index (χ1v) is 12.7. The van der Waals surface area contributed by atoms with Crippen molar-refractivity contribution in [2.45, 2.75) is 70.4 Å². The lowest BCUT2D eigenvalue weighted by Crippen LogP contribution is -2.44. The van der Waals surface area contributed by atoms with Crippen LogP contribution in [0.2, 0.25) is 0 Å². The van der Waals surface area contributed by atoms with Gasteiger partial charge in [-0.1, -0.05) is 55.5 Å². The van der Waals surface area contributed by atoms with Gasteiger partial charge in [-0.2, -0.15) is 0 Å². The summed E-state index contributed by atoms with van der Waals surface area (Å²) in [6, 6.07) is 17.2. The number of aryl methyl sites for hydroxylation is 2. The Hall–Kier alpha value is -2.92. The molecule has 5 heteroatoms. The van der Waals surface area contributed by atoms with E-state index in [1.165, 1.54) is 16.7 Å². The molecule has 0 radical (unpaired) electrons. The van der Waals surface area contributed by atoms with E-state index >= 15 is 0 Å². The molecule has 0 aromatic heterocycles. The summed E-state index contributed by atoms with van der Waals surface area (Å²) in [4.78, 5) is 15.2. The number of allylic oxidation sites excluding steroid dienone is 1. The van der Waals surface area contributed by atoms with E-state index in [0.717, 1.165) is 55.5 Å². The molecule has 3 aliphatic rings. The summed E-state index contributed by atoms with van der Waals surface area (Å²) < 4.78 is 6.37. The first-order chi connectivity index (χ1) is 16.5. The molecule has 1 amide bonds. The number of nitrogens with zero attached hydrogens (tertiary/aromatic N) is 1. The van der Waals surface area contributed by atoms with Crippen LogP contribution in [0.15, 0.2) is 59.8 Å². The molecular formula is C29H35N3O2. The standard InChI is InChI=1S/C29H35N3O2/c1-3-20-10-12-22(13-11-20)25-17-27(33)32(18-23-8-6-16-31-23)19(2)28(25)29(30)34-26-15-14-21-7-4-5-9-24(21)26/h4-5,7,9-13,23,25-26,30-31H,3,6,8,14-18H2,1-2H3/t23-,25+,26+/m0/s1. The van der Waals surface area contributed by atoms with Crippen LogP contribution in [0, 0.1) is 5.41 Å². The zero-order chi connectivity index (χ0) is 23.7. The fraction of sp³-hybridized carbons (Fsp3) is 0.448. The number of carbonyl (C=O) groups is 1. The van der Waals surface area contributed by atoms with Gasteiger partial charge in [-0.25, -0.2) is 0 Å². The molecule has 0 unspecified atom stereocenters. The van der Waals surface area contributed by atoms with Crippen molar-refractivity contribution in [1.29, 1.82) is 5.41 Å². The van der Waals surface area contributed by atoms with Crippen molar-refractivity contribution in [1.82, 2.24) is 10.2 Å². The third kappa shape index (κ3) is 4.41. The smallest absolute Gasteiger partial charge is 0.227 e. The van der Waals surface area contributed by atoms with Crippen LogP contribution in [0.1, 0.15) is 73.8 Å². The van der Waals surface area contributed by atoms with E-state index in [2.05, 4.69) is 54.7 Å². The molecule has 0 spiro atoms. The lowest BCUT2D eigenvalue weighted by atomic mass is 9.83. The van der Waals surface area contributed by atoms with Crippen LogP contribution in [0.25, 0.3) is 0 Å². The Kier molecular flexibility index (Phi) is 6.55. The highest BCUT2D eigenvalue weighted by Gasteiger charge is 2.37. The number of carbonyl (C=O) groups excluding carboxylic acids is 1. The van der Waals surface area contributed by atoms with Gasteiger partial charge in [0.25, 0.3) is 0 Å². The molecule has 2 aliphatic heterocycles. The average Bonchev–Trinajstić information content (AvgIpc) is 3.51. The van der Waals surface area contributed by atoms with Crippen LogP contribution in [-0.4, -0.2) is 35.8 Å².